The van der Waals surface area contributed by atoms with Crippen LogP contribution in [0.2, 0.25) is 0 Å². The van der Waals surface area contributed by atoms with Crippen LogP contribution >= 0.6 is 0 Å². The fourth-order valence-corrected chi connectivity index (χ4v) is 5.83. The van der Waals surface area contributed by atoms with Gasteiger partial charge in [-0.1, -0.05) is 0 Å². The third kappa shape index (κ3) is 4.69. The van der Waals surface area contributed by atoms with E-state index >= 15 is 0 Å². The summed E-state index contributed by atoms with van der Waals surface area (Å²) < 4.78 is 16.6. The Morgan fingerprint density at radius 2 is 1.50 bits per heavy atom. The van der Waals surface area contributed by atoms with Crippen LogP contribution in [-0.4, -0.2) is 103 Å². The molecule has 0 spiro atoms. The van der Waals surface area contributed by atoms with Crippen molar-refractivity contribution in [3.05, 3.63) is 0 Å². The number of aliphatic hydroxyl groups is 8. The summed E-state index contributed by atoms with van der Waals surface area (Å²) in [5.74, 6) is 0.574. The van der Waals surface area contributed by atoms with Gasteiger partial charge >= 0.3 is 0 Å². The van der Waals surface area contributed by atoms with Crippen LogP contribution in [-0.2, 0) is 9.47 Å². The normalized spacial score (nSPS) is 52.6. The Bertz CT molecular complexity index is 553. The second-order valence-electron chi connectivity index (χ2n) is 9.59. The Morgan fingerprint density at radius 3 is 2.20 bits per heavy atom. The molecule has 0 aromatic rings. The molecule has 2 saturated heterocycles. The van der Waals surface area contributed by atoms with Crippen LogP contribution in [0.15, 0.2) is 0 Å². The largest absolute Gasteiger partial charge is 0.429 e. The summed E-state index contributed by atoms with van der Waals surface area (Å²) in [7, 11) is 0. The molecule has 0 bridgehead atoms. The summed E-state index contributed by atoms with van der Waals surface area (Å²) in [4.78, 5) is 0. The first-order valence-corrected chi connectivity index (χ1v) is 11.4. The fraction of sp³-hybridized carbons (Fsp3) is 1.00. The van der Waals surface area contributed by atoms with Crippen molar-refractivity contribution in [1.82, 2.24) is 0 Å². The van der Waals surface area contributed by atoms with Crippen LogP contribution in [0.4, 0.5) is 0 Å². The standard InChI is InChI=1S/C21H36O9/c22-9-17-18(25)19(26)20(27)21(30-17)29-16-8-12(24)7-15-13(16)5-6-14(28-15)10-1-3-11(23)4-2-10/h10-27H,1-9H2/p+1/t10?,11?,12?,13?,14?,15?,16?,17-,18-,19+,20-,21-/m1/s1. The predicted molar refractivity (Wildman–Crippen MR) is 104 cm³/mol. The highest BCUT2D eigenvalue weighted by molar-refractivity contribution is 4.95. The van der Waals surface area contributed by atoms with E-state index in [0.717, 1.165) is 38.5 Å². The van der Waals surface area contributed by atoms with Gasteiger partial charge in [-0.3, -0.25) is 0 Å². The third-order valence-corrected chi connectivity index (χ3v) is 7.61. The van der Waals surface area contributed by atoms with E-state index in [2.05, 4.69) is 0 Å². The van der Waals surface area contributed by atoms with Gasteiger partial charge in [-0.15, -0.1) is 0 Å². The lowest BCUT2D eigenvalue weighted by molar-refractivity contribution is -0.334. The van der Waals surface area contributed by atoms with Gasteiger partial charge in [-0.2, -0.15) is 0 Å². The van der Waals surface area contributed by atoms with Gasteiger partial charge in [0, 0.05) is 25.2 Å². The quantitative estimate of drug-likeness (QED) is 0.295. The van der Waals surface area contributed by atoms with Gasteiger partial charge in [-0.25, -0.2) is 0 Å². The van der Waals surface area contributed by atoms with Gasteiger partial charge in [0.05, 0.1) is 30.8 Å². The first-order chi connectivity index (χ1) is 14.4. The molecule has 4 aliphatic rings. The Morgan fingerprint density at radius 1 is 0.767 bits per heavy atom. The lowest BCUT2D eigenvalue weighted by Crippen LogP contribution is -2.61. The van der Waals surface area contributed by atoms with Gasteiger partial charge in [0.1, 0.15) is 24.4 Å². The maximum Gasteiger partial charge on any atom is 0.186 e. The van der Waals surface area contributed by atoms with Crippen LogP contribution in [0.1, 0.15) is 51.4 Å². The van der Waals surface area contributed by atoms with Crippen molar-refractivity contribution in [2.75, 3.05) is 6.61 Å². The Kier molecular flexibility index (Phi) is 7.33. The second-order valence-corrected chi connectivity index (χ2v) is 9.59. The van der Waals surface area contributed by atoms with E-state index < -0.39 is 49.5 Å². The topological polar surface area (TPSA) is 153 Å². The molecule has 5 unspecified atom stereocenters. The maximum absolute atomic E-state index is 10.4. The second kappa shape index (κ2) is 9.64. The Hall–Kier alpha value is -0.360. The Balaban J connectivity index is 1.39. The number of hydrogen-bond donors (Lipinski definition) is 6. The first-order valence-electron chi connectivity index (χ1n) is 11.4. The van der Waals surface area contributed by atoms with Crippen molar-refractivity contribution >= 4 is 0 Å². The van der Waals surface area contributed by atoms with Gasteiger partial charge in [0.2, 0.25) is 0 Å². The van der Waals surface area contributed by atoms with E-state index in [4.69, 9.17) is 14.2 Å². The zero-order valence-electron chi connectivity index (χ0n) is 17.2. The molecule has 2 aliphatic carbocycles. The molecule has 2 heterocycles. The van der Waals surface area contributed by atoms with Gasteiger partial charge in [-0.05, 0) is 32.1 Å². The van der Waals surface area contributed by atoms with E-state index in [1.54, 1.807) is 0 Å². The van der Waals surface area contributed by atoms with Crippen LogP contribution in [0, 0.1) is 11.8 Å². The molecule has 30 heavy (non-hydrogen) atoms. The molecule has 0 aromatic carbocycles. The lowest BCUT2D eigenvalue weighted by atomic mass is 9.74. The van der Waals surface area contributed by atoms with Gasteiger partial charge in [0.15, 0.2) is 18.5 Å². The van der Waals surface area contributed by atoms with Crippen molar-refractivity contribution in [2.45, 2.75) is 113 Å². The number of fused-ring (bicyclic) bond motifs is 1. The van der Waals surface area contributed by atoms with Crippen molar-refractivity contribution in [1.29, 1.82) is 0 Å². The number of ether oxygens (including phenoxy) is 3. The van der Waals surface area contributed by atoms with E-state index in [9.17, 15) is 30.6 Å². The molecule has 4 fully saturated rings. The molecule has 7 N–H and O–H groups in total. The third-order valence-electron chi connectivity index (χ3n) is 7.61. The fourth-order valence-electron chi connectivity index (χ4n) is 5.83. The Labute approximate surface area is 176 Å². The molecule has 10 atom stereocenters. The maximum atomic E-state index is 10.4. The van der Waals surface area contributed by atoms with E-state index in [0.29, 0.717) is 18.8 Å². The van der Waals surface area contributed by atoms with Crippen LogP contribution in [0.3, 0.4) is 0 Å². The van der Waals surface area contributed by atoms with Crippen molar-refractivity contribution in [2.24, 2.45) is 11.8 Å². The summed E-state index contributed by atoms with van der Waals surface area (Å²) in [6.07, 6.45) is -1.04. The summed E-state index contributed by atoms with van der Waals surface area (Å²) >= 11 is 0. The minimum absolute atomic E-state index is 0.0331. The monoisotopic (exact) mass is 433 g/mol. The molecule has 0 amide bonds. The molecular weight excluding hydrogens is 396 g/mol. The average Bonchev–Trinajstić information content (AvgIpc) is 2.74. The highest BCUT2D eigenvalue weighted by Gasteiger charge is 2.51. The summed E-state index contributed by atoms with van der Waals surface area (Å²) in [6, 6.07) is 0. The average molecular weight is 434 g/mol. The van der Waals surface area contributed by atoms with Crippen molar-refractivity contribution in [3.63, 3.8) is 0 Å². The lowest BCUT2D eigenvalue weighted by Gasteiger charge is -2.47. The van der Waals surface area contributed by atoms with E-state index in [-0.39, 0.29) is 24.2 Å². The molecule has 9 nitrogen and oxygen atoms in total. The van der Waals surface area contributed by atoms with Gasteiger partial charge in [0.25, 0.3) is 0 Å². The summed E-state index contributed by atoms with van der Waals surface area (Å²) in [5.41, 5.74) is 0. The molecule has 9 heteroatoms. The smallest absolute Gasteiger partial charge is 0.186 e. The number of aliphatic hydroxyl groups excluding tert-OH is 6. The molecule has 174 valence electrons. The highest BCUT2D eigenvalue weighted by atomic mass is 16.7. The minimum Gasteiger partial charge on any atom is -0.429 e. The molecule has 0 aromatic heterocycles. The predicted octanol–water partition coefficient (Wildman–Crippen LogP) is -1.45. The molecule has 2 aliphatic heterocycles. The van der Waals surface area contributed by atoms with E-state index in [1.807, 2.05) is 0 Å². The number of hydrogen-bond acceptors (Lipinski definition) is 8. The molecular formula is C21H37O9+. The summed E-state index contributed by atoms with van der Waals surface area (Å²) in [5, 5.41) is 59.9. The molecule has 2 saturated carbocycles. The zero-order valence-corrected chi connectivity index (χ0v) is 17.2. The highest BCUT2D eigenvalue weighted by Crippen LogP contribution is 2.41. The SMILES string of the molecule is OC[C@H]1O[C@@H](OC2CC(O)CC3[OH+]C(C4CCC(O)CC4)CCC23)[C@H](O)[C@@H](O)[C@@H]1O. The van der Waals surface area contributed by atoms with E-state index in [1.165, 1.54) is 0 Å². The van der Waals surface area contributed by atoms with Crippen LogP contribution in [0.5, 0.6) is 0 Å². The van der Waals surface area contributed by atoms with Crippen molar-refractivity contribution < 1.29 is 44.8 Å². The molecule has 0 radical (unpaired) electrons. The minimum atomic E-state index is -1.48. The van der Waals surface area contributed by atoms with Crippen molar-refractivity contribution in [3.8, 4) is 0 Å². The zero-order chi connectivity index (χ0) is 21.4. The summed E-state index contributed by atoms with van der Waals surface area (Å²) in [6.45, 7) is -0.503. The molecule has 4 rings (SSSR count). The number of rotatable bonds is 4. The van der Waals surface area contributed by atoms with Crippen LogP contribution in [0.25, 0.3) is 0 Å². The van der Waals surface area contributed by atoms with Crippen LogP contribution < -0.4 is 0 Å². The van der Waals surface area contributed by atoms with Gasteiger partial charge < -0.3 is 44.8 Å². The first kappa shape index (κ1) is 22.8.